The SMILES string of the molecule is CCCc1ccc(C(C)(C)I)cc1. The van der Waals surface area contributed by atoms with Gasteiger partial charge in [-0.15, -0.1) is 0 Å². The lowest BCUT2D eigenvalue weighted by Crippen LogP contribution is -2.05. The zero-order valence-corrected chi connectivity index (χ0v) is 10.8. The summed E-state index contributed by atoms with van der Waals surface area (Å²) in [6.45, 7) is 6.70. The van der Waals surface area contributed by atoms with Crippen LogP contribution in [0.4, 0.5) is 0 Å². The molecule has 1 heteroatoms. The van der Waals surface area contributed by atoms with E-state index in [0.717, 1.165) is 0 Å². The van der Waals surface area contributed by atoms with Crippen molar-refractivity contribution < 1.29 is 0 Å². The molecule has 0 heterocycles. The molecule has 0 saturated heterocycles. The Morgan fingerprint density at radius 2 is 1.69 bits per heavy atom. The van der Waals surface area contributed by atoms with Gasteiger partial charge in [0.15, 0.2) is 0 Å². The predicted octanol–water partition coefficient (Wildman–Crippen LogP) is 4.31. The van der Waals surface area contributed by atoms with E-state index in [1.165, 1.54) is 24.0 Å². The van der Waals surface area contributed by atoms with Gasteiger partial charge in [0, 0.05) is 3.42 Å². The van der Waals surface area contributed by atoms with Crippen LogP contribution in [0.25, 0.3) is 0 Å². The summed E-state index contributed by atoms with van der Waals surface area (Å²) >= 11 is 2.48. The standard InChI is InChI=1S/C12H17I/c1-4-5-10-6-8-11(9-7-10)12(2,3)13/h6-9H,4-5H2,1-3H3. The lowest BCUT2D eigenvalue weighted by molar-refractivity contribution is 0.823. The summed E-state index contributed by atoms with van der Waals surface area (Å²) in [4.78, 5) is 0. The van der Waals surface area contributed by atoms with E-state index in [4.69, 9.17) is 0 Å². The van der Waals surface area contributed by atoms with E-state index >= 15 is 0 Å². The van der Waals surface area contributed by atoms with Crippen LogP contribution in [0, 0.1) is 0 Å². The van der Waals surface area contributed by atoms with Crippen LogP contribution in [-0.4, -0.2) is 0 Å². The minimum Gasteiger partial charge on any atom is -0.0743 e. The van der Waals surface area contributed by atoms with Gasteiger partial charge in [-0.05, 0) is 31.4 Å². The average Bonchev–Trinajstić information content (AvgIpc) is 2.04. The summed E-state index contributed by atoms with van der Waals surface area (Å²) in [6.07, 6.45) is 2.43. The van der Waals surface area contributed by atoms with Crippen LogP contribution in [0.2, 0.25) is 0 Å². The summed E-state index contributed by atoms with van der Waals surface area (Å²) in [6, 6.07) is 8.99. The number of halogens is 1. The van der Waals surface area contributed by atoms with Crippen molar-refractivity contribution in [1.29, 1.82) is 0 Å². The number of benzene rings is 1. The Morgan fingerprint density at radius 1 is 1.15 bits per heavy atom. The van der Waals surface area contributed by atoms with Gasteiger partial charge in [0.2, 0.25) is 0 Å². The molecular weight excluding hydrogens is 271 g/mol. The van der Waals surface area contributed by atoms with Gasteiger partial charge in [-0.2, -0.15) is 0 Å². The zero-order valence-electron chi connectivity index (χ0n) is 8.60. The van der Waals surface area contributed by atoms with E-state index in [9.17, 15) is 0 Å². The fourth-order valence-corrected chi connectivity index (χ4v) is 1.72. The van der Waals surface area contributed by atoms with E-state index < -0.39 is 0 Å². The van der Waals surface area contributed by atoms with Crippen LogP contribution in [0.3, 0.4) is 0 Å². The van der Waals surface area contributed by atoms with E-state index in [-0.39, 0.29) is 3.42 Å². The number of aryl methyl sites for hydroxylation is 1. The molecule has 1 aromatic rings. The molecule has 0 saturated carbocycles. The highest BCUT2D eigenvalue weighted by Gasteiger charge is 2.14. The van der Waals surface area contributed by atoms with Crippen molar-refractivity contribution in [3.63, 3.8) is 0 Å². The molecule has 0 bridgehead atoms. The second kappa shape index (κ2) is 4.45. The van der Waals surface area contributed by atoms with Crippen LogP contribution in [-0.2, 0) is 9.84 Å². The highest BCUT2D eigenvalue weighted by Crippen LogP contribution is 2.30. The minimum atomic E-state index is 0.252. The quantitative estimate of drug-likeness (QED) is 0.574. The third-order valence-electron chi connectivity index (χ3n) is 2.18. The molecule has 72 valence electrons. The smallest absolute Gasteiger partial charge is 0.0414 e. The van der Waals surface area contributed by atoms with Crippen LogP contribution in [0.5, 0.6) is 0 Å². The second-order valence-electron chi connectivity index (χ2n) is 3.92. The molecule has 0 spiro atoms. The predicted molar refractivity (Wildman–Crippen MR) is 67.5 cm³/mol. The number of hydrogen-bond acceptors (Lipinski definition) is 0. The summed E-state index contributed by atoms with van der Waals surface area (Å²) < 4.78 is 0.252. The van der Waals surface area contributed by atoms with E-state index in [2.05, 4.69) is 67.6 Å². The Balaban J connectivity index is 2.81. The Bertz CT molecular complexity index is 253. The molecule has 0 aliphatic heterocycles. The molecule has 13 heavy (non-hydrogen) atoms. The molecule has 1 aromatic carbocycles. The van der Waals surface area contributed by atoms with Gasteiger partial charge in [0.25, 0.3) is 0 Å². The van der Waals surface area contributed by atoms with E-state index in [0.29, 0.717) is 0 Å². The highest BCUT2D eigenvalue weighted by atomic mass is 127. The molecule has 0 nitrogen and oxygen atoms in total. The first-order valence-corrected chi connectivity index (χ1v) is 5.90. The molecule has 0 unspecified atom stereocenters. The van der Waals surface area contributed by atoms with Crippen molar-refractivity contribution in [2.45, 2.75) is 37.0 Å². The monoisotopic (exact) mass is 288 g/mol. The maximum Gasteiger partial charge on any atom is 0.0414 e. The topological polar surface area (TPSA) is 0 Å². The first-order valence-electron chi connectivity index (χ1n) is 4.82. The van der Waals surface area contributed by atoms with Crippen LogP contribution in [0.15, 0.2) is 24.3 Å². The molecule has 0 radical (unpaired) electrons. The summed E-state index contributed by atoms with van der Waals surface area (Å²) in [5.41, 5.74) is 2.86. The molecule has 0 atom stereocenters. The maximum atomic E-state index is 2.48. The zero-order chi connectivity index (χ0) is 9.90. The van der Waals surface area contributed by atoms with Gasteiger partial charge in [-0.3, -0.25) is 0 Å². The fourth-order valence-electron chi connectivity index (χ4n) is 1.36. The Kier molecular flexibility index (Phi) is 3.77. The third-order valence-corrected chi connectivity index (χ3v) is 2.80. The summed E-state index contributed by atoms with van der Waals surface area (Å²) in [5, 5.41) is 0. The molecule has 0 amide bonds. The van der Waals surface area contributed by atoms with Crippen molar-refractivity contribution in [2.24, 2.45) is 0 Å². The normalized spacial score (nSPS) is 11.7. The summed E-state index contributed by atoms with van der Waals surface area (Å²) in [7, 11) is 0. The van der Waals surface area contributed by atoms with E-state index in [1.807, 2.05) is 0 Å². The van der Waals surface area contributed by atoms with Gasteiger partial charge >= 0.3 is 0 Å². The Hall–Kier alpha value is -0.0500. The van der Waals surface area contributed by atoms with Crippen molar-refractivity contribution in [2.75, 3.05) is 0 Å². The van der Waals surface area contributed by atoms with Crippen molar-refractivity contribution in [1.82, 2.24) is 0 Å². The number of alkyl halides is 1. The Labute approximate surface area is 94.9 Å². The van der Waals surface area contributed by atoms with Crippen molar-refractivity contribution >= 4 is 22.6 Å². The minimum absolute atomic E-state index is 0.252. The first kappa shape index (κ1) is 11.0. The maximum absolute atomic E-state index is 2.48. The molecule has 0 N–H and O–H groups in total. The average molecular weight is 288 g/mol. The molecule has 0 aromatic heterocycles. The van der Waals surface area contributed by atoms with Crippen LogP contribution >= 0.6 is 22.6 Å². The summed E-state index contributed by atoms with van der Waals surface area (Å²) in [5.74, 6) is 0. The fraction of sp³-hybridized carbons (Fsp3) is 0.500. The first-order chi connectivity index (χ1) is 6.04. The largest absolute Gasteiger partial charge is 0.0743 e. The third kappa shape index (κ3) is 3.29. The van der Waals surface area contributed by atoms with Crippen LogP contribution in [0.1, 0.15) is 38.3 Å². The van der Waals surface area contributed by atoms with Crippen LogP contribution < -0.4 is 0 Å². The molecule has 0 fully saturated rings. The van der Waals surface area contributed by atoms with Crippen molar-refractivity contribution in [3.05, 3.63) is 35.4 Å². The number of hydrogen-bond donors (Lipinski definition) is 0. The van der Waals surface area contributed by atoms with Gasteiger partial charge in [0.05, 0.1) is 0 Å². The Morgan fingerprint density at radius 3 is 2.08 bits per heavy atom. The number of rotatable bonds is 3. The lowest BCUT2D eigenvalue weighted by Gasteiger charge is -2.16. The second-order valence-corrected chi connectivity index (χ2v) is 6.62. The lowest BCUT2D eigenvalue weighted by atomic mass is 10.0. The molecule has 1 rings (SSSR count). The van der Waals surface area contributed by atoms with E-state index in [1.54, 1.807) is 0 Å². The molecule has 0 aliphatic rings. The molecule has 0 aliphatic carbocycles. The molecular formula is C12H17I. The van der Waals surface area contributed by atoms with Gasteiger partial charge < -0.3 is 0 Å². The van der Waals surface area contributed by atoms with Gasteiger partial charge in [-0.1, -0.05) is 60.2 Å². The highest BCUT2D eigenvalue weighted by molar-refractivity contribution is 14.1. The van der Waals surface area contributed by atoms with Crippen molar-refractivity contribution in [3.8, 4) is 0 Å². The van der Waals surface area contributed by atoms with Gasteiger partial charge in [0.1, 0.15) is 0 Å². The van der Waals surface area contributed by atoms with Gasteiger partial charge in [-0.25, -0.2) is 0 Å².